The fourth-order valence-electron chi connectivity index (χ4n) is 3.81. The fourth-order valence-corrected chi connectivity index (χ4v) is 3.81. The summed E-state index contributed by atoms with van der Waals surface area (Å²) >= 11 is 0. The van der Waals surface area contributed by atoms with Crippen LogP contribution in [0.2, 0.25) is 0 Å². The smallest absolute Gasteiger partial charge is 0.300 e. The summed E-state index contributed by atoms with van der Waals surface area (Å²) in [7, 11) is 0. The van der Waals surface area contributed by atoms with Gasteiger partial charge in [0.2, 0.25) is 0 Å². The minimum atomic E-state index is -1.02. The highest BCUT2D eigenvalue weighted by Crippen LogP contribution is 2.45. The number of aliphatic hydroxyl groups is 1. The number of aryl methyl sites for hydroxylation is 1. The molecule has 1 atom stereocenters. The molecule has 0 radical (unpaired) electrons. The van der Waals surface area contributed by atoms with Gasteiger partial charge < -0.3 is 15.3 Å². The Hall–Kier alpha value is -4.06. The lowest BCUT2D eigenvalue weighted by molar-refractivity contribution is -0.132. The summed E-state index contributed by atoms with van der Waals surface area (Å²) in [5, 5.41) is 31.4. The van der Waals surface area contributed by atoms with E-state index in [1.54, 1.807) is 36.4 Å². The van der Waals surface area contributed by atoms with Crippen molar-refractivity contribution in [3.63, 3.8) is 0 Å². The average molecular weight is 415 g/mol. The number of anilines is 1. The molecule has 1 unspecified atom stereocenters. The van der Waals surface area contributed by atoms with E-state index in [-0.39, 0.29) is 28.5 Å². The van der Waals surface area contributed by atoms with Gasteiger partial charge >= 0.3 is 0 Å². The molecule has 3 aromatic rings. The summed E-state index contributed by atoms with van der Waals surface area (Å²) in [5.41, 5.74) is 1.92. The highest BCUT2D eigenvalue weighted by atomic mass is 16.3. The van der Waals surface area contributed by atoms with Crippen molar-refractivity contribution < 1.29 is 24.9 Å². The number of nitrogens with zero attached hydrogens (tertiary/aromatic N) is 1. The topological polar surface area (TPSA) is 98.1 Å². The third-order valence-corrected chi connectivity index (χ3v) is 5.41. The molecule has 3 aromatic carbocycles. The third kappa shape index (κ3) is 3.53. The molecule has 1 fully saturated rings. The molecule has 1 aliphatic rings. The number of benzene rings is 3. The summed E-state index contributed by atoms with van der Waals surface area (Å²) in [6.45, 7) is 2.01. The van der Waals surface area contributed by atoms with E-state index in [0.717, 1.165) is 16.9 Å². The van der Waals surface area contributed by atoms with Crippen molar-refractivity contribution in [1.82, 2.24) is 0 Å². The molecule has 1 aliphatic heterocycles. The largest absolute Gasteiger partial charge is 0.508 e. The molecular weight excluding hydrogens is 394 g/mol. The molecule has 0 spiro atoms. The maximum atomic E-state index is 13.1. The van der Waals surface area contributed by atoms with Gasteiger partial charge in [-0.05, 0) is 41.8 Å². The Morgan fingerprint density at radius 1 is 0.935 bits per heavy atom. The molecule has 1 heterocycles. The molecule has 0 aliphatic carbocycles. The number of hydrogen-bond acceptors (Lipinski definition) is 5. The second-order valence-corrected chi connectivity index (χ2v) is 7.30. The zero-order valence-electron chi connectivity index (χ0n) is 16.8. The number of Topliss-reactive ketones (excluding diaryl/α,β-unsaturated/α-hetero) is 1. The molecule has 0 saturated carbocycles. The number of carbonyl (C=O) groups is 2. The molecule has 4 rings (SSSR count). The fraction of sp³-hybridized carbons (Fsp3) is 0.120. The van der Waals surface area contributed by atoms with Crippen LogP contribution in [0.3, 0.4) is 0 Å². The Morgan fingerprint density at radius 3 is 2.29 bits per heavy atom. The Morgan fingerprint density at radius 2 is 1.65 bits per heavy atom. The molecular formula is C25H21NO5. The van der Waals surface area contributed by atoms with Gasteiger partial charge in [-0.1, -0.05) is 55.5 Å². The SMILES string of the molecule is CCc1ccc(/C(O)=C2/C(=O)C(=O)N(c3ccccc3O)C2c2cccc(O)c2)cc1. The van der Waals surface area contributed by atoms with Gasteiger partial charge in [-0.15, -0.1) is 0 Å². The molecule has 6 heteroatoms. The second-order valence-electron chi connectivity index (χ2n) is 7.30. The lowest BCUT2D eigenvalue weighted by atomic mass is 9.94. The standard InChI is InChI=1S/C25H21NO5/c1-2-15-10-12-16(13-11-15)23(29)21-22(17-6-5-7-18(27)14-17)26(25(31)24(21)30)19-8-3-4-9-20(19)28/h3-14,22,27-29H,2H2,1H3/b23-21-. The summed E-state index contributed by atoms with van der Waals surface area (Å²) in [5.74, 6) is -2.28. The Labute approximate surface area is 179 Å². The maximum absolute atomic E-state index is 13.1. The number of carbonyl (C=O) groups excluding carboxylic acids is 2. The van der Waals surface area contributed by atoms with Crippen LogP contribution in [0.1, 0.15) is 29.7 Å². The molecule has 0 bridgehead atoms. The van der Waals surface area contributed by atoms with E-state index >= 15 is 0 Å². The van der Waals surface area contributed by atoms with Crippen LogP contribution < -0.4 is 4.90 Å². The highest BCUT2D eigenvalue weighted by Gasteiger charge is 2.47. The number of ketones is 1. The van der Waals surface area contributed by atoms with Gasteiger partial charge in [-0.25, -0.2) is 0 Å². The van der Waals surface area contributed by atoms with E-state index in [1.165, 1.54) is 24.3 Å². The zero-order chi connectivity index (χ0) is 22.1. The molecule has 0 aromatic heterocycles. The molecule has 3 N–H and O–H groups in total. The molecule has 1 saturated heterocycles. The first kappa shape index (κ1) is 20.2. The lowest BCUT2D eigenvalue weighted by Gasteiger charge is -2.26. The Bertz CT molecular complexity index is 1200. The van der Waals surface area contributed by atoms with Crippen LogP contribution in [-0.2, 0) is 16.0 Å². The number of aliphatic hydroxyl groups excluding tert-OH is 1. The van der Waals surface area contributed by atoms with Crippen LogP contribution in [0.5, 0.6) is 11.5 Å². The number of hydrogen-bond donors (Lipinski definition) is 3. The molecule has 6 nitrogen and oxygen atoms in total. The molecule has 1 amide bonds. The van der Waals surface area contributed by atoms with Crippen molar-refractivity contribution in [2.45, 2.75) is 19.4 Å². The summed E-state index contributed by atoms with van der Waals surface area (Å²) in [6.07, 6.45) is 0.821. The first-order chi connectivity index (χ1) is 14.9. The number of para-hydroxylation sites is 2. The van der Waals surface area contributed by atoms with E-state index in [4.69, 9.17) is 0 Å². The number of phenols is 2. The molecule has 31 heavy (non-hydrogen) atoms. The Balaban J connectivity index is 1.95. The lowest BCUT2D eigenvalue weighted by Crippen LogP contribution is -2.29. The van der Waals surface area contributed by atoms with E-state index < -0.39 is 17.7 Å². The maximum Gasteiger partial charge on any atom is 0.300 e. The van der Waals surface area contributed by atoms with Crippen LogP contribution in [0.25, 0.3) is 5.76 Å². The van der Waals surface area contributed by atoms with Crippen molar-refractivity contribution in [3.8, 4) is 11.5 Å². The van der Waals surface area contributed by atoms with Gasteiger partial charge in [0.25, 0.3) is 11.7 Å². The summed E-state index contributed by atoms with van der Waals surface area (Å²) in [6, 6.07) is 18.4. The number of rotatable bonds is 4. The predicted molar refractivity (Wildman–Crippen MR) is 117 cm³/mol. The van der Waals surface area contributed by atoms with Gasteiger partial charge in [0.1, 0.15) is 17.3 Å². The van der Waals surface area contributed by atoms with Crippen LogP contribution in [0, 0.1) is 0 Å². The van der Waals surface area contributed by atoms with Crippen molar-refractivity contribution in [2.24, 2.45) is 0 Å². The average Bonchev–Trinajstić information content (AvgIpc) is 3.04. The summed E-state index contributed by atoms with van der Waals surface area (Å²) < 4.78 is 0. The third-order valence-electron chi connectivity index (χ3n) is 5.41. The molecule has 156 valence electrons. The van der Waals surface area contributed by atoms with Gasteiger partial charge in [0, 0.05) is 5.56 Å². The zero-order valence-corrected chi connectivity index (χ0v) is 16.8. The monoisotopic (exact) mass is 415 g/mol. The van der Waals surface area contributed by atoms with Gasteiger partial charge in [-0.3, -0.25) is 14.5 Å². The number of phenolic OH excluding ortho intramolecular Hbond substituents is 2. The number of amides is 1. The van der Waals surface area contributed by atoms with Crippen LogP contribution in [-0.4, -0.2) is 27.0 Å². The van der Waals surface area contributed by atoms with Crippen molar-refractivity contribution in [2.75, 3.05) is 4.90 Å². The normalized spacial score (nSPS) is 17.8. The van der Waals surface area contributed by atoms with Gasteiger partial charge in [-0.2, -0.15) is 0 Å². The second kappa shape index (κ2) is 7.99. The van der Waals surface area contributed by atoms with Crippen molar-refractivity contribution in [3.05, 3.63) is 95.1 Å². The van der Waals surface area contributed by atoms with Crippen LogP contribution >= 0.6 is 0 Å². The first-order valence-corrected chi connectivity index (χ1v) is 9.89. The van der Waals surface area contributed by atoms with E-state index in [1.807, 2.05) is 19.1 Å². The van der Waals surface area contributed by atoms with Crippen molar-refractivity contribution in [1.29, 1.82) is 0 Å². The Kier molecular flexibility index (Phi) is 5.21. The van der Waals surface area contributed by atoms with Crippen LogP contribution in [0.15, 0.2) is 78.4 Å². The summed E-state index contributed by atoms with van der Waals surface area (Å²) in [4.78, 5) is 27.2. The first-order valence-electron chi connectivity index (χ1n) is 9.89. The van der Waals surface area contributed by atoms with E-state index in [2.05, 4.69) is 0 Å². The van der Waals surface area contributed by atoms with E-state index in [0.29, 0.717) is 11.1 Å². The highest BCUT2D eigenvalue weighted by molar-refractivity contribution is 6.51. The quantitative estimate of drug-likeness (QED) is 0.336. The van der Waals surface area contributed by atoms with Gasteiger partial charge in [0.15, 0.2) is 0 Å². The van der Waals surface area contributed by atoms with Crippen LogP contribution in [0.4, 0.5) is 5.69 Å². The minimum absolute atomic E-state index is 0.0485. The van der Waals surface area contributed by atoms with Crippen molar-refractivity contribution >= 4 is 23.1 Å². The predicted octanol–water partition coefficient (Wildman–Crippen LogP) is 4.29. The van der Waals surface area contributed by atoms with E-state index in [9.17, 15) is 24.9 Å². The van der Waals surface area contributed by atoms with Gasteiger partial charge in [0.05, 0.1) is 17.3 Å². The minimum Gasteiger partial charge on any atom is -0.508 e. The number of aromatic hydroxyl groups is 2.